The second-order valence-corrected chi connectivity index (χ2v) is 8.24. The number of methoxy groups -OCH3 is 1. The summed E-state index contributed by atoms with van der Waals surface area (Å²) in [4.78, 5) is 24.0. The quantitative estimate of drug-likeness (QED) is 0.340. The maximum absolute atomic E-state index is 12.1. The van der Waals surface area contributed by atoms with Crippen LogP contribution in [-0.2, 0) is 25.6 Å². The van der Waals surface area contributed by atoms with Crippen molar-refractivity contribution in [2.45, 2.75) is 53.3 Å². The molecule has 0 atom stereocenters. The predicted molar refractivity (Wildman–Crippen MR) is 102 cm³/mol. The van der Waals surface area contributed by atoms with E-state index in [0.29, 0.717) is 11.3 Å². The first-order chi connectivity index (χ1) is 12.9. The van der Waals surface area contributed by atoms with Gasteiger partial charge in [0.05, 0.1) is 24.2 Å². The van der Waals surface area contributed by atoms with E-state index in [0.717, 1.165) is 0 Å². The first-order valence-electron chi connectivity index (χ1n) is 8.53. The van der Waals surface area contributed by atoms with Crippen molar-refractivity contribution >= 4 is 21.9 Å². The third-order valence-corrected chi connectivity index (χ3v) is 4.72. The van der Waals surface area contributed by atoms with E-state index in [-0.39, 0.29) is 23.3 Å². The minimum Gasteiger partial charge on any atom is -0.496 e. The summed E-state index contributed by atoms with van der Waals surface area (Å²) in [5, 5.41) is 11.2. The highest BCUT2D eigenvalue weighted by atomic mass is 32.2. The molecule has 0 unspecified atom stereocenters. The van der Waals surface area contributed by atoms with Crippen molar-refractivity contribution in [3.8, 4) is 5.75 Å². The standard InChI is InChI=1S/C17H26N2O8S/c1-11(2)18(12(3)4)17(20)26-10-28(23,24)27-9-14-8-16(25-6)13(5)7-15(14)19(21)22/h7-8,11-12H,9-10H2,1-6H3. The van der Waals surface area contributed by atoms with Crippen molar-refractivity contribution < 1.29 is 31.8 Å². The summed E-state index contributed by atoms with van der Waals surface area (Å²) < 4.78 is 38.9. The highest BCUT2D eigenvalue weighted by Crippen LogP contribution is 2.29. The first kappa shape index (κ1) is 23.6. The van der Waals surface area contributed by atoms with Gasteiger partial charge in [0.1, 0.15) is 5.75 Å². The molecule has 0 aromatic heterocycles. The Balaban J connectivity index is 2.86. The highest BCUT2D eigenvalue weighted by Gasteiger charge is 2.25. The van der Waals surface area contributed by atoms with Crippen LogP contribution in [0.4, 0.5) is 10.5 Å². The van der Waals surface area contributed by atoms with Crippen LogP contribution in [-0.4, -0.2) is 49.5 Å². The first-order valence-corrected chi connectivity index (χ1v) is 10.1. The van der Waals surface area contributed by atoms with E-state index in [1.165, 1.54) is 24.1 Å². The van der Waals surface area contributed by atoms with Gasteiger partial charge in [-0.3, -0.25) is 14.3 Å². The molecule has 0 radical (unpaired) electrons. The van der Waals surface area contributed by atoms with Crippen molar-refractivity contribution in [3.63, 3.8) is 0 Å². The van der Waals surface area contributed by atoms with E-state index in [4.69, 9.17) is 13.7 Å². The molecule has 1 aromatic carbocycles. The van der Waals surface area contributed by atoms with Crippen LogP contribution in [0.1, 0.15) is 38.8 Å². The summed E-state index contributed by atoms with van der Waals surface area (Å²) in [7, 11) is -2.87. The van der Waals surface area contributed by atoms with Crippen LogP contribution in [0.25, 0.3) is 0 Å². The summed E-state index contributed by atoms with van der Waals surface area (Å²) in [6.07, 6.45) is -0.792. The number of hydrogen-bond donors (Lipinski definition) is 0. The second kappa shape index (κ2) is 9.69. The average molecular weight is 418 g/mol. The van der Waals surface area contributed by atoms with Crippen molar-refractivity contribution in [2.75, 3.05) is 13.0 Å². The van der Waals surface area contributed by atoms with Gasteiger partial charge < -0.3 is 14.4 Å². The Morgan fingerprint density at radius 3 is 2.25 bits per heavy atom. The number of ether oxygens (including phenoxy) is 2. The summed E-state index contributed by atoms with van der Waals surface area (Å²) in [6, 6.07) is 2.25. The number of nitro benzene ring substituents is 1. The molecule has 11 heteroatoms. The minimum atomic E-state index is -4.27. The fraction of sp³-hybridized carbons (Fsp3) is 0.588. The molecule has 158 valence electrons. The SMILES string of the molecule is COc1cc(COS(=O)(=O)COC(=O)N(C(C)C)C(C)C)c([N+](=O)[O-])cc1C. The lowest BCUT2D eigenvalue weighted by molar-refractivity contribution is -0.385. The average Bonchev–Trinajstić information content (AvgIpc) is 2.58. The number of carbonyl (C=O) groups excluding carboxylic acids is 1. The number of rotatable bonds is 9. The molecule has 0 fully saturated rings. The van der Waals surface area contributed by atoms with E-state index >= 15 is 0 Å². The number of benzene rings is 1. The molecule has 0 spiro atoms. The van der Waals surface area contributed by atoms with Crippen LogP contribution in [0, 0.1) is 17.0 Å². The molecule has 1 amide bonds. The lowest BCUT2D eigenvalue weighted by atomic mass is 10.1. The molecule has 0 N–H and O–H groups in total. The summed E-state index contributed by atoms with van der Waals surface area (Å²) in [5.74, 6) is -0.643. The van der Waals surface area contributed by atoms with Gasteiger partial charge in [-0.05, 0) is 46.2 Å². The number of nitro groups is 1. The van der Waals surface area contributed by atoms with Gasteiger partial charge in [0.25, 0.3) is 5.69 Å². The van der Waals surface area contributed by atoms with Gasteiger partial charge >= 0.3 is 16.2 Å². The van der Waals surface area contributed by atoms with Crippen LogP contribution >= 0.6 is 0 Å². The van der Waals surface area contributed by atoms with Gasteiger partial charge in [-0.2, -0.15) is 8.42 Å². The lowest BCUT2D eigenvalue weighted by Crippen LogP contribution is -2.42. The number of hydrogen-bond acceptors (Lipinski definition) is 8. The topological polar surface area (TPSA) is 125 Å². The third kappa shape index (κ3) is 6.34. The summed E-state index contributed by atoms with van der Waals surface area (Å²) >= 11 is 0. The maximum Gasteiger partial charge on any atom is 0.411 e. The van der Waals surface area contributed by atoms with Crippen molar-refractivity contribution in [1.82, 2.24) is 4.90 Å². The Morgan fingerprint density at radius 2 is 1.79 bits per heavy atom. The summed E-state index contributed by atoms with van der Waals surface area (Å²) in [6.45, 7) is 8.13. The molecule has 10 nitrogen and oxygen atoms in total. The third-order valence-electron chi connectivity index (χ3n) is 3.84. The molecular formula is C17H26N2O8S. The Labute approximate surface area is 164 Å². The van der Waals surface area contributed by atoms with Crippen molar-refractivity contribution in [2.24, 2.45) is 0 Å². The molecule has 0 saturated heterocycles. The lowest BCUT2D eigenvalue weighted by Gasteiger charge is -2.29. The van der Waals surface area contributed by atoms with E-state index < -0.39 is 33.7 Å². The van der Waals surface area contributed by atoms with Gasteiger partial charge in [0.15, 0.2) is 0 Å². The zero-order valence-corrected chi connectivity index (χ0v) is 17.6. The van der Waals surface area contributed by atoms with E-state index in [2.05, 4.69) is 0 Å². The predicted octanol–water partition coefficient (Wildman–Crippen LogP) is 2.97. The number of amides is 1. The monoisotopic (exact) mass is 418 g/mol. The molecule has 0 bridgehead atoms. The number of carbonyl (C=O) groups is 1. The Morgan fingerprint density at radius 1 is 1.21 bits per heavy atom. The van der Waals surface area contributed by atoms with Gasteiger partial charge in [0, 0.05) is 18.2 Å². The fourth-order valence-electron chi connectivity index (χ4n) is 2.62. The number of aryl methyl sites for hydroxylation is 1. The molecule has 0 aliphatic heterocycles. The van der Waals surface area contributed by atoms with Gasteiger partial charge in [0.2, 0.25) is 5.94 Å². The number of nitrogens with zero attached hydrogens (tertiary/aromatic N) is 2. The van der Waals surface area contributed by atoms with E-state index in [1.807, 2.05) is 0 Å². The smallest absolute Gasteiger partial charge is 0.411 e. The zero-order chi connectivity index (χ0) is 21.6. The highest BCUT2D eigenvalue weighted by molar-refractivity contribution is 7.86. The van der Waals surface area contributed by atoms with Gasteiger partial charge in [-0.25, -0.2) is 4.79 Å². The van der Waals surface area contributed by atoms with Crippen LogP contribution in [0.2, 0.25) is 0 Å². The van der Waals surface area contributed by atoms with Crippen LogP contribution in [0.5, 0.6) is 5.75 Å². The molecule has 0 heterocycles. The summed E-state index contributed by atoms with van der Waals surface area (Å²) in [5.41, 5.74) is 0.252. The molecular weight excluding hydrogens is 392 g/mol. The van der Waals surface area contributed by atoms with Gasteiger partial charge in [-0.1, -0.05) is 0 Å². The molecule has 1 aromatic rings. The Kier molecular flexibility index (Phi) is 8.18. The van der Waals surface area contributed by atoms with Crippen LogP contribution < -0.4 is 4.74 Å². The van der Waals surface area contributed by atoms with Crippen LogP contribution in [0.15, 0.2) is 12.1 Å². The molecule has 0 aliphatic carbocycles. The molecule has 0 aliphatic rings. The molecule has 1 rings (SSSR count). The normalized spacial score (nSPS) is 11.6. The Hall–Kier alpha value is -2.40. The van der Waals surface area contributed by atoms with Crippen molar-refractivity contribution in [1.29, 1.82) is 0 Å². The maximum atomic E-state index is 12.1. The minimum absolute atomic E-state index is 0.0216. The fourth-order valence-corrected chi connectivity index (χ4v) is 3.24. The van der Waals surface area contributed by atoms with E-state index in [1.54, 1.807) is 34.6 Å². The van der Waals surface area contributed by atoms with Crippen LogP contribution in [0.3, 0.4) is 0 Å². The zero-order valence-electron chi connectivity index (χ0n) is 16.8. The van der Waals surface area contributed by atoms with E-state index in [9.17, 15) is 23.3 Å². The molecule has 0 saturated carbocycles. The molecule has 28 heavy (non-hydrogen) atoms. The van der Waals surface area contributed by atoms with Gasteiger partial charge in [-0.15, -0.1) is 0 Å². The Bertz CT molecular complexity index is 813. The second-order valence-electron chi connectivity index (χ2n) is 6.65. The largest absolute Gasteiger partial charge is 0.496 e. The van der Waals surface area contributed by atoms with Crippen molar-refractivity contribution in [3.05, 3.63) is 33.4 Å².